The molecule has 1 rings (SSSR count). The van der Waals surface area contributed by atoms with Crippen LogP contribution in [0.5, 0.6) is 0 Å². The summed E-state index contributed by atoms with van der Waals surface area (Å²) in [5.41, 5.74) is 0. The van der Waals surface area contributed by atoms with E-state index in [0.717, 1.165) is 70.6 Å². The second kappa shape index (κ2) is 40.4. The molecule has 6 atom stereocenters. The monoisotopic (exact) mass is 853 g/mol. The summed E-state index contributed by atoms with van der Waals surface area (Å²) in [5, 5.41) is 40.1. The Morgan fingerprint density at radius 1 is 0.525 bits per heavy atom. The van der Waals surface area contributed by atoms with Crippen molar-refractivity contribution in [3.05, 3.63) is 109 Å². The van der Waals surface area contributed by atoms with Gasteiger partial charge in [0, 0.05) is 12.8 Å². The van der Waals surface area contributed by atoms with Crippen molar-refractivity contribution < 1.29 is 49.0 Å². The van der Waals surface area contributed by atoms with E-state index in [-0.39, 0.29) is 26.1 Å². The fourth-order valence-electron chi connectivity index (χ4n) is 6.03. The van der Waals surface area contributed by atoms with Crippen LogP contribution < -0.4 is 0 Å². The highest BCUT2D eigenvalue weighted by Gasteiger charge is 2.44. The molecule has 344 valence electrons. The number of aliphatic hydroxyl groups excluding tert-OH is 4. The molecule has 4 N–H and O–H groups in total. The molecule has 1 heterocycles. The topological polar surface area (TPSA) is 152 Å². The first-order valence-electron chi connectivity index (χ1n) is 23.0. The minimum Gasteiger partial charge on any atom is -0.462 e. The standard InChI is InChI=1S/C51H80O10/c1-3-5-7-9-11-13-15-17-19-21-22-24-26-28-30-32-34-36-38-40-47(54)60-44(43-59-51-50(57)49(56)48(55)45(41-52)61-51)42-58-46(53)39-37-35-33-31-29-27-25-23-20-18-16-14-12-10-8-6-4-2/h6,8,11-14,17-20,22,24-25,27-28,30-31,33,44-45,48-52,55-57H,3-5,7,9-10,15-16,21,23,26,29,32,34-43H2,1-2H3/b8-6+,13-11+,14-12+,19-17+,20-18+,24-22+,27-25+,30-28+,33-31+/t44-,45-,48+,49?,50?,51-/m1/s1. The fourth-order valence-corrected chi connectivity index (χ4v) is 6.03. The van der Waals surface area contributed by atoms with Crippen LogP contribution >= 0.6 is 0 Å². The van der Waals surface area contributed by atoms with Gasteiger partial charge in [0.05, 0.1) is 13.2 Å². The van der Waals surface area contributed by atoms with Gasteiger partial charge in [0.15, 0.2) is 12.4 Å². The number of rotatable bonds is 36. The first-order valence-corrected chi connectivity index (χ1v) is 23.0. The second-order valence-corrected chi connectivity index (χ2v) is 15.1. The normalized spacial score (nSPS) is 20.8. The van der Waals surface area contributed by atoms with E-state index in [1.165, 1.54) is 25.7 Å². The van der Waals surface area contributed by atoms with Crippen molar-refractivity contribution in [2.24, 2.45) is 0 Å². The van der Waals surface area contributed by atoms with Gasteiger partial charge >= 0.3 is 11.9 Å². The van der Waals surface area contributed by atoms with Gasteiger partial charge in [0.2, 0.25) is 0 Å². The maximum Gasteiger partial charge on any atom is 0.306 e. The lowest BCUT2D eigenvalue weighted by atomic mass is 9.99. The number of aliphatic hydroxyl groups is 4. The molecule has 1 aliphatic heterocycles. The lowest BCUT2D eigenvalue weighted by Gasteiger charge is -2.39. The van der Waals surface area contributed by atoms with E-state index in [1.54, 1.807) is 0 Å². The van der Waals surface area contributed by atoms with Crippen molar-refractivity contribution in [1.82, 2.24) is 0 Å². The van der Waals surface area contributed by atoms with Crippen LogP contribution in [-0.2, 0) is 28.5 Å². The third-order valence-corrected chi connectivity index (χ3v) is 9.64. The summed E-state index contributed by atoms with van der Waals surface area (Å²) in [6.07, 6.45) is 48.1. The number of carbonyl (C=O) groups excluding carboxylic acids is 2. The summed E-state index contributed by atoms with van der Waals surface area (Å²) < 4.78 is 22.1. The molecule has 0 bridgehead atoms. The first kappa shape index (κ1) is 55.4. The van der Waals surface area contributed by atoms with E-state index in [1.807, 2.05) is 6.08 Å². The Bertz CT molecular complexity index is 1350. The molecular formula is C51H80O10. The summed E-state index contributed by atoms with van der Waals surface area (Å²) in [6.45, 7) is 3.17. The minimum atomic E-state index is -1.62. The van der Waals surface area contributed by atoms with Gasteiger partial charge in [-0.25, -0.2) is 0 Å². The van der Waals surface area contributed by atoms with Crippen molar-refractivity contribution in [1.29, 1.82) is 0 Å². The number of hydrogen-bond acceptors (Lipinski definition) is 10. The average Bonchev–Trinajstić information content (AvgIpc) is 3.26. The van der Waals surface area contributed by atoms with Crippen LogP contribution in [0.25, 0.3) is 0 Å². The van der Waals surface area contributed by atoms with Crippen LogP contribution in [0.4, 0.5) is 0 Å². The molecule has 0 aromatic carbocycles. The van der Waals surface area contributed by atoms with Gasteiger partial charge in [-0.05, 0) is 96.3 Å². The highest BCUT2D eigenvalue weighted by atomic mass is 16.7. The molecule has 0 spiro atoms. The van der Waals surface area contributed by atoms with Crippen molar-refractivity contribution in [3.8, 4) is 0 Å². The number of allylic oxidation sites excluding steroid dienone is 18. The molecule has 2 unspecified atom stereocenters. The van der Waals surface area contributed by atoms with Crippen LogP contribution in [-0.4, -0.2) is 89.0 Å². The number of carbonyl (C=O) groups is 2. The van der Waals surface area contributed by atoms with Crippen LogP contribution in [0.2, 0.25) is 0 Å². The maximum atomic E-state index is 12.8. The predicted octanol–water partition coefficient (Wildman–Crippen LogP) is 10.1. The molecule has 0 aromatic rings. The zero-order valence-electron chi connectivity index (χ0n) is 37.4. The van der Waals surface area contributed by atoms with Crippen LogP contribution in [0.15, 0.2) is 109 Å². The second-order valence-electron chi connectivity index (χ2n) is 15.1. The Hall–Kier alpha value is -3.64. The van der Waals surface area contributed by atoms with Crippen LogP contribution in [0.3, 0.4) is 0 Å². The highest BCUT2D eigenvalue weighted by Crippen LogP contribution is 2.22. The summed E-state index contributed by atoms with van der Waals surface area (Å²) >= 11 is 0. The lowest BCUT2D eigenvalue weighted by Crippen LogP contribution is -2.59. The van der Waals surface area contributed by atoms with Crippen molar-refractivity contribution in [3.63, 3.8) is 0 Å². The third-order valence-electron chi connectivity index (χ3n) is 9.64. The minimum absolute atomic E-state index is 0.173. The molecule has 1 saturated heterocycles. The van der Waals surface area contributed by atoms with Gasteiger partial charge in [0.25, 0.3) is 0 Å². The fraction of sp³-hybridized carbons (Fsp3) is 0.608. The maximum absolute atomic E-state index is 12.8. The quantitative estimate of drug-likeness (QED) is 0.0272. The van der Waals surface area contributed by atoms with Crippen molar-refractivity contribution in [2.45, 2.75) is 179 Å². The van der Waals surface area contributed by atoms with E-state index in [2.05, 4.69) is 117 Å². The average molecular weight is 853 g/mol. The number of unbranched alkanes of at least 4 members (excludes halogenated alkanes) is 7. The molecule has 0 radical (unpaired) electrons. The van der Waals surface area contributed by atoms with Gasteiger partial charge in [-0.3, -0.25) is 9.59 Å². The van der Waals surface area contributed by atoms with E-state index in [9.17, 15) is 30.0 Å². The van der Waals surface area contributed by atoms with E-state index in [4.69, 9.17) is 18.9 Å². The van der Waals surface area contributed by atoms with E-state index >= 15 is 0 Å². The predicted molar refractivity (Wildman–Crippen MR) is 247 cm³/mol. The zero-order valence-corrected chi connectivity index (χ0v) is 37.4. The molecular weight excluding hydrogens is 773 g/mol. The number of ether oxygens (including phenoxy) is 4. The SMILES string of the molecule is CC/C=C/C/C=C/C/C=C/C/C=C/C/C=C/CCCC(=O)OC[C@H](CO[C@@H]1O[C@H](CO)[C@H](O)C(O)C1O)OC(=O)CCCCC/C=C/C/C=C/C/C=C/C/C=C/CCCCC. The largest absolute Gasteiger partial charge is 0.462 e. The number of hydrogen-bond donors (Lipinski definition) is 4. The molecule has 10 nitrogen and oxygen atoms in total. The number of esters is 2. The summed E-state index contributed by atoms with van der Waals surface area (Å²) in [7, 11) is 0. The van der Waals surface area contributed by atoms with Gasteiger partial charge in [-0.1, -0.05) is 142 Å². The first-order chi connectivity index (χ1) is 29.8. The molecule has 61 heavy (non-hydrogen) atoms. The Morgan fingerprint density at radius 2 is 0.984 bits per heavy atom. The summed E-state index contributed by atoms with van der Waals surface area (Å²) in [5.74, 6) is -0.923. The van der Waals surface area contributed by atoms with E-state index < -0.39 is 55.4 Å². The zero-order chi connectivity index (χ0) is 44.4. The molecule has 0 amide bonds. The molecule has 10 heteroatoms. The highest BCUT2D eigenvalue weighted by molar-refractivity contribution is 5.70. The van der Waals surface area contributed by atoms with Gasteiger partial charge < -0.3 is 39.4 Å². The Labute approximate surface area is 368 Å². The van der Waals surface area contributed by atoms with Crippen LogP contribution in [0, 0.1) is 0 Å². The smallest absolute Gasteiger partial charge is 0.306 e. The Kier molecular flexibility index (Phi) is 36.7. The lowest BCUT2D eigenvalue weighted by molar-refractivity contribution is -0.305. The van der Waals surface area contributed by atoms with E-state index in [0.29, 0.717) is 19.3 Å². The Balaban J connectivity index is 2.41. The molecule has 1 fully saturated rings. The third kappa shape index (κ3) is 31.8. The summed E-state index contributed by atoms with van der Waals surface area (Å²) in [4.78, 5) is 25.3. The van der Waals surface area contributed by atoms with Gasteiger partial charge in [0.1, 0.15) is 31.0 Å². The molecule has 0 aromatic heterocycles. The van der Waals surface area contributed by atoms with Gasteiger partial charge in [-0.2, -0.15) is 0 Å². The van der Waals surface area contributed by atoms with Crippen LogP contribution in [0.1, 0.15) is 142 Å². The van der Waals surface area contributed by atoms with Gasteiger partial charge in [-0.15, -0.1) is 0 Å². The molecule has 1 aliphatic rings. The summed E-state index contributed by atoms with van der Waals surface area (Å²) in [6, 6.07) is 0. The Morgan fingerprint density at radius 3 is 1.48 bits per heavy atom. The molecule has 0 aliphatic carbocycles. The van der Waals surface area contributed by atoms with Crippen molar-refractivity contribution in [2.75, 3.05) is 19.8 Å². The molecule has 0 saturated carbocycles. The van der Waals surface area contributed by atoms with Crippen molar-refractivity contribution >= 4 is 11.9 Å².